The molecule has 0 spiro atoms. The number of allylic oxidation sites excluding steroid dienone is 1. The standard InChI is InChI=1S/C33H31FN4O2/c1-18-24-6-4-3-5-19(24)11-12-38(18)33(40)23-14-27(20-7-8-20)31-29(16-23)37(2)32(36-31)25-10-9-21(15-28(25)34)26-13-22(26)17-30(35)39/h3-6,9-10,14-18,20,26H,7-8,11-13H2,1-2H3,(H2,35,39)/b22-17-/t18-,26?/m1/s1. The van der Waals surface area contributed by atoms with Crippen molar-refractivity contribution < 1.29 is 14.0 Å². The Morgan fingerprint density at radius 2 is 1.88 bits per heavy atom. The molecule has 2 N–H and O–H groups in total. The largest absolute Gasteiger partial charge is 0.366 e. The highest BCUT2D eigenvalue weighted by molar-refractivity contribution is 5.99. The monoisotopic (exact) mass is 534 g/mol. The van der Waals surface area contributed by atoms with Gasteiger partial charge in [-0.05, 0) is 85.0 Å². The fourth-order valence-electron chi connectivity index (χ4n) is 6.38. The molecular formula is C33H31FN4O2. The van der Waals surface area contributed by atoms with Gasteiger partial charge in [0.05, 0.1) is 22.6 Å². The molecule has 40 heavy (non-hydrogen) atoms. The lowest BCUT2D eigenvalue weighted by Gasteiger charge is -2.35. The van der Waals surface area contributed by atoms with Gasteiger partial charge in [0, 0.05) is 31.1 Å². The Hall–Kier alpha value is -4.26. The molecule has 2 amide bonds. The number of hydrogen-bond donors (Lipinski definition) is 1. The first-order valence-electron chi connectivity index (χ1n) is 14.0. The van der Waals surface area contributed by atoms with Crippen molar-refractivity contribution in [1.29, 1.82) is 0 Å². The summed E-state index contributed by atoms with van der Waals surface area (Å²) in [6, 6.07) is 17.5. The third-order valence-electron chi connectivity index (χ3n) is 8.83. The Labute approximate surface area is 232 Å². The molecule has 3 aliphatic rings. The van der Waals surface area contributed by atoms with E-state index in [1.54, 1.807) is 6.07 Å². The molecule has 4 aromatic rings. The van der Waals surface area contributed by atoms with E-state index in [0.717, 1.165) is 53.4 Å². The average Bonchev–Trinajstić information content (AvgIpc) is 3.87. The van der Waals surface area contributed by atoms with Crippen molar-refractivity contribution in [3.63, 3.8) is 0 Å². The molecule has 1 unspecified atom stereocenters. The van der Waals surface area contributed by atoms with Crippen LogP contribution in [0.15, 0.2) is 66.2 Å². The van der Waals surface area contributed by atoms with Crippen molar-refractivity contribution >= 4 is 22.8 Å². The summed E-state index contributed by atoms with van der Waals surface area (Å²) in [5.74, 6) is 0.137. The molecule has 0 saturated heterocycles. The summed E-state index contributed by atoms with van der Waals surface area (Å²) < 4.78 is 17.4. The van der Waals surface area contributed by atoms with E-state index in [2.05, 4.69) is 25.1 Å². The Morgan fingerprint density at radius 1 is 1.07 bits per heavy atom. The van der Waals surface area contributed by atoms with Gasteiger partial charge in [0.1, 0.15) is 11.6 Å². The highest BCUT2D eigenvalue weighted by Crippen LogP contribution is 2.48. The summed E-state index contributed by atoms with van der Waals surface area (Å²) in [5.41, 5.74) is 13.4. The first kappa shape index (κ1) is 24.8. The van der Waals surface area contributed by atoms with E-state index < -0.39 is 5.91 Å². The van der Waals surface area contributed by atoms with E-state index in [-0.39, 0.29) is 23.7 Å². The highest BCUT2D eigenvalue weighted by atomic mass is 19.1. The fourth-order valence-corrected chi connectivity index (χ4v) is 6.38. The van der Waals surface area contributed by atoms with Gasteiger partial charge in [0.25, 0.3) is 5.91 Å². The molecule has 2 heterocycles. The van der Waals surface area contributed by atoms with Crippen LogP contribution in [0.25, 0.3) is 22.4 Å². The predicted molar refractivity (Wildman–Crippen MR) is 152 cm³/mol. The molecule has 7 heteroatoms. The number of hydrogen-bond acceptors (Lipinski definition) is 3. The highest BCUT2D eigenvalue weighted by Gasteiger charge is 2.34. The van der Waals surface area contributed by atoms with Gasteiger partial charge >= 0.3 is 0 Å². The number of carbonyl (C=O) groups is 2. The Kier molecular flexibility index (Phi) is 5.66. The second-order valence-corrected chi connectivity index (χ2v) is 11.4. The lowest BCUT2D eigenvalue weighted by Crippen LogP contribution is -2.38. The molecule has 0 bridgehead atoms. The number of fused-ring (bicyclic) bond motifs is 2. The number of aromatic nitrogens is 2. The molecule has 0 radical (unpaired) electrons. The summed E-state index contributed by atoms with van der Waals surface area (Å²) in [5, 5.41) is 0. The molecule has 2 saturated carbocycles. The molecule has 202 valence electrons. The first-order chi connectivity index (χ1) is 19.3. The third-order valence-corrected chi connectivity index (χ3v) is 8.83. The van der Waals surface area contributed by atoms with Gasteiger partial charge in [-0.1, -0.05) is 35.9 Å². The van der Waals surface area contributed by atoms with Crippen molar-refractivity contribution in [3.05, 3.63) is 99.9 Å². The van der Waals surface area contributed by atoms with Crippen LogP contribution in [-0.2, 0) is 18.3 Å². The smallest absolute Gasteiger partial charge is 0.254 e. The Morgan fingerprint density at radius 3 is 2.62 bits per heavy atom. The summed E-state index contributed by atoms with van der Waals surface area (Å²) in [6.07, 6.45) is 5.13. The Balaban J connectivity index is 1.26. The number of amides is 2. The number of nitrogens with two attached hydrogens (primary N) is 1. The van der Waals surface area contributed by atoms with Crippen LogP contribution in [0.1, 0.15) is 76.7 Å². The van der Waals surface area contributed by atoms with Gasteiger partial charge in [-0.2, -0.15) is 0 Å². The van der Waals surface area contributed by atoms with Crippen LogP contribution in [0.2, 0.25) is 0 Å². The van der Waals surface area contributed by atoms with Crippen molar-refractivity contribution in [2.45, 2.75) is 50.5 Å². The topological polar surface area (TPSA) is 81.2 Å². The van der Waals surface area contributed by atoms with E-state index in [1.807, 2.05) is 40.8 Å². The minimum atomic E-state index is -0.474. The number of aryl methyl sites for hydroxylation is 1. The molecule has 7 rings (SSSR count). The third kappa shape index (κ3) is 4.12. The maximum Gasteiger partial charge on any atom is 0.254 e. The lowest BCUT2D eigenvalue weighted by molar-refractivity contribution is -0.113. The van der Waals surface area contributed by atoms with Crippen molar-refractivity contribution in [2.24, 2.45) is 12.8 Å². The van der Waals surface area contributed by atoms with Crippen LogP contribution in [0.3, 0.4) is 0 Å². The minimum absolute atomic E-state index is 0.00275. The van der Waals surface area contributed by atoms with Gasteiger partial charge < -0.3 is 15.2 Å². The van der Waals surface area contributed by atoms with Crippen LogP contribution < -0.4 is 5.73 Å². The molecule has 3 aromatic carbocycles. The number of rotatable bonds is 5. The second kappa shape index (κ2) is 9.15. The fraction of sp³-hybridized carbons (Fsp3) is 0.303. The van der Waals surface area contributed by atoms with Crippen molar-refractivity contribution in [3.8, 4) is 11.4 Å². The zero-order valence-corrected chi connectivity index (χ0v) is 22.7. The Bertz CT molecular complexity index is 1750. The maximum atomic E-state index is 15.5. The number of carbonyl (C=O) groups excluding carboxylic acids is 2. The molecular weight excluding hydrogens is 503 g/mol. The van der Waals surface area contributed by atoms with Crippen LogP contribution in [0.5, 0.6) is 0 Å². The maximum absolute atomic E-state index is 15.5. The molecule has 1 aromatic heterocycles. The van der Waals surface area contributed by atoms with E-state index in [9.17, 15) is 9.59 Å². The molecule has 6 nitrogen and oxygen atoms in total. The minimum Gasteiger partial charge on any atom is -0.366 e. The van der Waals surface area contributed by atoms with Gasteiger partial charge in [0.2, 0.25) is 5.91 Å². The first-order valence-corrected chi connectivity index (χ1v) is 14.0. The SMILES string of the molecule is C[C@@H]1c2ccccc2CCN1C(=O)c1cc(C2CC2)c2nc(-c3ccc(C4C/C4=C/C(N)=O)cc3F)n(C)c2c1. The van der Waals surface area contributed by atoms with E-state index >= 15 is 4.39 Å². The zero-order chi connectivity index (χ0) is 27.7. The van der Waals surface area contributed by atoms with Crippen LogP contribution in [0, 0.1) is 5.82 Å². The van der Waals surface area contributed by atoms with Crippen molar-refractivity contribution in [2.75, 3.05) is 6.54 Å². The van der Waals surface area contributed by atoms with E-state index in [1.165, 1.54) is 23.3 Å². The van der Waals surface area contributed by atoms with E-state index in [0.29, 0.717) is 29.4 Å². The summed E-state index contributed by atoms with van der Waals surface area (Å²) in [4.78, 5) is 32.0. The molecule has 2 aliphatic carbocycles. The summed E-state index contributed by atoms with van der Waals surface area (Å²) in [7, 11) is 1.89. The summed E-state index contributed by atoms with van der Waals surface area (Å²) >= 11 is 0. The van der Waals surface area contributed by atoms with Gasteiger partial charge in [0.15, 0.2) is 0 Å². The number of imidazole rings is 1. The average molecular weight is 535 g/mol. The molecule has 1 aliphatic heterocycles. The van der Waals surface area contributed by atoms with E-state index in [4.69, 9.17) is 10.7 Å². The number of primary amides is 1. The van der Waals surface area contributed by atoms with Gasteiger partial charge in [-0.25, -0.2) is 9.37 Å². The quantitative estimate of drug-likeness (QED) is 0.323. The number of nitrogens with zero attached hydrogens (tertiary/aromatic N) is 3. The van der Waals surface area contributed by atoms with Crippen LogP contribution in [0.4, 0.5) is 4.39 Å². The van der Waals surface area contributed by atoms with Crippen molar-refractivity contribution in [1.82, 2.24) is 14.5 Å². The zero-order valence-electron chi connectivity index (χ0n) is 22.7. The lowest BCUT2D eigenvalue weighted by atomic mass is 9.92. The second-order valence-electron chi connectivity index (χ2n) is 11.4. The number of benzene rings is 3. The van der Waals surface area contributed by atoms with Gasteiger partial charge in [-0.3, -0.25) is 9.59 Å². The van der Waals surface area contributed by atoms with Gasteiger partial charge in [-0.15, -0.1) is 0 Å². The molecule has 2 fully saturated rings. The molecule has 2 atom stereocenters. The summed E-state index contributed by atoms with van der Waals surface area (Å²) in [6.45, 7) is 2.78. The number of halogens is 1. The van der Waals surface area contributed by atoms with Crippen LogP contribution in [-0.4, -0.2) is 32.8 Å². The normalized spacial score (nSPS) is 21.1. The van der Waals surface area contributed by atoms with Crippen LogP contribution >= 0.6 is 0 Å². The predicted octanol–water partition coefficient (Wildman–Crippen LogP) is 5.92.